The quantitative estimate of drug-likeness (QED) is 0.267. The molecule has 0 radical (unpaired) electrons. The first-order valence-electron chi connectivity index (χ1n) is 10.8. The van der Waals surface area contributed by atoms with Crippen LogP contribution in [0.4, 0.5) is 0 Å². The van der Waals surface area contributed by atoms with Crippen molar-refractivity contribution in [2.45, 2.75) is 84.2 Å². The van der Waals surface area contributed by atoms with Gasteiger partial charge in [0, 0.05) is 11.6 Å². The zero-order valence-electron chi connectivity index (χ0n) is 20.0. The van der Waals surface area contributed by atoms with Gasteiger partial charge in [-0.1, -0.05) is 24.6 Å². The van der Waals surface area contributed by atoms with Crippen molar-refractivity contribution < 1.29 is 34.8 Å². The average molecular weight is 451 g/mol. The first kappa shape index (κ1) is 28.0. The summed E-state index contributed by atoms with van der Waals surface area (Å²) in [6.07, 6.45) is 7.75. The lowest BCUT2D eigenvalue weighted by molar-refractivity contribution is -0.148. The van der Waals surface area contributed by atoms with E-state index in [-0.39, 0.29) is 12.0 Å². The van der Waals surface area contributed by atoms with Gasteiger partial charge in [0.25, 0.3) is 0 Å². The van der Waals surface area contributed by atoms with Crippen LogP contribution in [0.1, 0.15) is 60.8 Å². The topological polar surface area (TPSA) is 124 Å². The van der Waals surface area contributed by atoms with Gasteiger partial charge in [0.05, 0.1) is 18.3 Å². The molecule has 0 aliphatic heterocycles. The highest BCUT2D eigenvalue weighted by Crippen LogP contribution is 2.34. The minimum Gasteiger partial charge on any atom is -0.452 e. The van der Waals surface area contributed by atoms with Gasteiger partial charge in [0.15, 0.2) is 11.9 Å². The molecule has 180 valence electrons. The second-order valence-corrected chi connectivity index (χ2v) is 9.82. The Morgan fingerprint density at radius 3 is 2.47 bits per heavy atom. The molecule has 1 rings (SSSR count). The predicted molar refractivity (Wildman–Crippen MR) is 123 cm³/mol. The lowest BCUT2D eigenvalue weighted by Gasteiger charge is -2.32. The predicted octanol–water partition coefficient (Wildman–Crippen LogP) is 2.54. The van der Waals surface area contributed by atoms with Gasteiger partial charge in [-0.2, -0.15) is 0 Å². The maximum atomic E-state index is 12.5. The molecule has 0 saturated heterocycles. The number of aliphatic hydroxyl groups is 4. The van der Waals surface area contributed by atoms with Crippen LogP contribution in [0.25, 0.3) is 0 Å². The first-order valence-corrected chi connectivity index (χ1v) is 10.8. The zero-order valence-corrected chi connectivity index (χ0v) is 20.0. The number of ketones is 1. The van der Waals surface area contributed by atoms with Crippen LogP contribution in [0.15, 0.2) is 47.6 Å². The fraction of sp³-hybridized carbons (Fsp3) is 0.600. The highest BCUT2D eigenvalue weighted by Gasteiger charge is 2.34. The Morgan fingerprint density at radius 1 is 1.31 bits per heavy atom. The van der Waals surface area contributed by atoms with Gasteiger partial charge < -0.3 is 25.2 Å². The van der Waals surface area contributed by atoms with E-state index in [2.05, 4.69) is 0 Å². The van der Waals surface area contributed by atoms with Gasteiger partial charge >= 0.3 is 5.97 Å². The molecule has 0 spiro atoms. The molecule has 1 unspecified atom stereocenters. The summed E-state index contributed by atoms with van der Waals surface area (Å²) in [5.41, 5.74) is -2.65. The molecule has 4 N–H and O–H groups in total. The lowest BCUT2D eigenvalue weighted by Crippen LogP contribution is -2.40. The SMILES string of the molecule is CC(C)=CC(=O)O[C@@H]1/C=C/[C@@](C)(CCC(O)C(C)(C)O)C/C=C(/CO)C(=O)/C=C/[C@@]1(C)O. The molecule has 1 aliphatic rings. The molecular weight excluding hydrogens is 412 g/mol. The third-order valence-corrected chi connectivity index (χ3v) is 5.58. The second kappa shape index (κ2) is 11.2. The minimum absolute atomic E-state index is 0.180. The molecule has 0 aromatic heterocycles. The summed E-state index contributed by atoms with van der Waals surface area (Å²) in [6.45, 7) is 9.41. The summed E-state index contributed by atoms with van der Waals surface area (Å²) in [4.78, 5) is 24.7. The van der Waals surface area contributed by atoms with Crippen molar-refractivity contribution in [3.63, 3.8) is 0 Å². The number of aliphatic hydroxyl groups excluding tert-OH is 2. The molecule has 0 heterocycles. The molecule has 0 bridgehead atoms. The van der Waals surface area contributed by atoms with E-state index in [1.807, 2.05) is 6.92 Å². The van der Waals surface area contributed by atoms with Crippen LogP contribution >= 0.6 is 0 Å². The molecule has 7 nitrogen and oxygen atoms in total. The van der Waals surface area contributed by atoms with Crippen molar-refractivity contribution in [2.75, 3.05) is 6.61 Å². The van der Waals surface area contributed by atoms with Gasteiger partial charge in [0.2, 0.25) is 0 Å². The molecule has 4 atom stereocenters. The average Bonchev–Trinajstić information content (AvgIpc) is 2.67. The molecule has 0 amide bonds. The Labute approximate surface area is 190 Å². The van der Waals surface area contributed by atoms with Crippen LogP contribution in [0.2, 0.25) is 0 Å². The number of ether oxygens (including phenoxy) is 1. The number of esters is 1. The third kappa shape index (κ3) is 8.82. The summed E-state index contributed by atoms with van der Waals surface area (Å²) in [6, 6.07) is 0. The van der Waals surface area contributed by atoms with Crippen molar-refractivity contribution in [1.82, 2.24) is 0 Å². The first-order chi connectivity index (χ1) is 14.6. The molecule has 32 heavy (non-hydrogen) atoms. The van der Waals surface area contributed by atoms with E-state index in [1.165, 1.54) is 39.0 Å². The molecule has 0 aromatic rings. The number of hydrogen-bond acceptors (Lipinski definition) is 7. The zero-order chi connectivity index (χ0) is 24.7. The molecule has 1 aliphatic carbocycles. The maximum Gasteiger partial charge on any atom is 0.331 e. The Hall–Kier alpha value is -2.06. The number of rotatable bonds is 7. The van der Waals surface area contributed by atoms with Gasteiger partial charge in [-0.3, -0.25) is 4.79 Å². The monoisotopic (exact) mass is 450 g/mol. The largest absolute Gasteiger partial charge is 0.452 e. The molecule has 0 saturated carbocycles. The van der Waals surface area contributed by atoms with Crippen molar-refractivity contribution in [3.05, 3.63) is 47.6 Å². The molecular formula is C25H38O7. The molecule has 7 heteroatoms. The van der Waals surface area contributed by atoms with E-state index in [4.69, 9.17) is 4.74 Å². The van der Waals surface area contributed by atoms with Crippen molar-refractivity contribution in [2.24, 2.45) is 5.41 Å². The van der Waals surface area contributed by atoms with Crippen LogP contribution in [-0.4, -0.2) is 62.2 Å². The Kier molecular flexibility index (Phi) is 9.78. The number of hydrogen-bond donors (Lipinski definition) is 4. The van der Waals surface area contributed by atoms with E-state index in [0.29, 0.717) is 12.8 Å². The minimum atomic E-state index is -1.68. The van der Waals surface area contributed by atoms with Gasteiger partial charge in [-0.25, -0.2) is 4.79 Å². The van der Waals surface area contributed by atoms with Crippen molar-refractivity contribution in [1.29, 1.82) is 0 Å². The van der Waals surface area contributed by atoms with Gasteiger partial charge in [-0.05, 0) is 77.5 Å². The Morgan fingerprint density at radius 2 is 1.94 bits per heavy atom. The highest BCUT2D eigenvalue weighted by molar-refractivity contribution is 6.04. The standard InChI is InChI=1S/C25H38O7/c1-17(2)15-22(29)32-21-10-13-24(5,12-9-20(28)23(3,4)30)11-7-18(16-26)19(27)8-14-25(21,6)31/h7-8,10,13-15,20-21,26,28,30-31H,9,11-12,16H2,1-6H3/b13-10+,14-8+,18-7-/t20?,21-,24-,25-/m1/s1. The number of allylic oxidation sites excluding steroid dienone is 4. The smallest absolute Gasteiger partial charge is 0.331 e. The Balaban J connectivity index is 3.38. The van der Waals surface area contributed by atoms with Crippen molar-refractivity contribution >= 4 is 11.8 Å². The maximum absolute atomic E-state index is 12.5. The van der Waals surface area contributed by atoms with Crippen LogP contribution in [0, 0.1) is 5.41 Å². The van der Waals surface area contributed by atoms with Crippen LogP contribution < -0.4 is 0 Å². The number of carbonyl (C=O) groups is 2. The summed E-state index contributed by atoms with van der Waals surface area (Å²) in [5, 5.41) is 40.9. The normalized spacial score (nSPS) is 31.5. The highest BCUT2D eigenvalue weighted by atomic mass is 16.6. The van der Waals surface area contributed by atoms with Gasteiger partial charge in [0.1, 0.15) is 5.60 Å². The van der Waals surface area contributed by atoms with E-state index < -0.39 is 47.2 Å². The fourth-order valence-electron chi connectivity index (χ4n) is 3.19. The summed E-state index contributed by atoms with van der Waals surface area (Å²) >= 11 is 0. The van der Waals surface area contributed by atoms with E-state index in [0.717, 1.165) is 5.57 Å². The third-order valence-electron chi connectivity index (χ3n) is 5.58. The lowest BCUT2D eigenvalue weighted by atomic mass is 9.78. The van der Waals surface area contributed by atoms with E-state index in [1.54, 1.807) is 32.1 Å². The fourth-order valence-corrected chi connectivity index (χ4v) is 3.19. The summed E-state index contributed by atoms with van der Waals surface area (Å²) in [7, 11) is 0. The van der Waals surface area contributed by atoms with Crippen LogP contribution in [0.5, 0.6) is 0 Å². The molecule has 0 fully saturated rings. The van der Waals surface area contributed by atoms with E-state index >= 15 is 0 Å². The number of carbonyl (C=O) groups excluding carboxylic acids is 2. The van der Waals surface area contributed by atoms with Gasteiger partial charge in [-0.15, -0.1) is 0 Å². The Bertz CT molecular complexity index is 792. The van der Waals surface area contributed by atoms with Crippen LogP contribution in [-0.2, 0) is 14.3 Å². The summed E-state index contributed by atoms with van der Waals surface area (Å²) in [5.74, 6) is -1.08. The van der Waals surface area contributed by atoms with E-state index in [9.17, 15) is 30.0 Å². The molecule has 0 aromatic carbocycles. The van der Waals surface area contributed by atoms with Crippen molar-refractivity contribution in [3.8, 4) is 0 Å². The summed E-state index contributed by atoms with van der Waals surface area (Å²) < 4.78 is 5.48. The second-order valence-electron chi connectivity index (χ2n) is 9.82. The van der Waals surface area contributed by atoms with Crippen LogP contribution in [0.3, 0.4) is 0 Å².